The summed E-state index contributed by atoms with van der Waals surface area (Å²) in [5.41, 5.74) is 1.22. The maximum atomic E-state index is 12.8. The van der Waals surface area contributed by atoms with Gasteiger partial charge in [-0.15, -0.1) is 0 Å². The van der Waals surface area contributed by atoms with Crippen LogP contribution >= 0.6 is 45.2 Å². The lowest BCUT2D eigenvalue weighted by Crippen LogP contribution is -2.01. The SMILES string of the molecule is O=C(c1ccc(Oc2ccc(I)cc2)cc1)c1ccc(Oc2ccc(I)cc2)cc1. The number of ether oxygens (including phenoxy) is 2. The van der Waals surface area contributed by atoms with E-state index < -0.39 is 0 Å². The van der Waals surface area contributed by atoms with Crippen LogP contribution in [-0.4, -0.2) is 5.78 Å². The Morgan fingerprint density at radius 3 is 1.03 bits per heavy atom. The largest absolute Gasteiger partial charge is 0.457 e. The van der Waals surface area contributed by atoms with Crippen LogP contribution in [0.4, 0.5) is 0 Å². The van der Waals surface area contributed by atoms with E-state index in [1.807, 2.05) is 48.5 Å². The molecule has 148 valence electrons. The standard InChI is InChI=1S/C25H16I2O3/c26-19-5-13-23(14-6-19)29-21-9-1-17(2-10-21)25(28)18-3-11-22(12-4-18)30-24-15-7-20(27)8-16-24/h1-16H. The number of hydrogen-bond acceptors (Lipinski definition) is 3. The predicted octanol–water partition coefficient (Wildman–Crippen LogP) is 7.71. The molecule has 5 heteroatoms. The van der Waals surface area contributed by atoms with Crippen LogP contribution in [0.1, 0.15) is 15.9 Å². The molecule has 0 unspecified atom stereocenters. The molecule has 0 N–H and O–H groups in total. The van der Waals surface area contributed by atoms with Crippen LogP contribution in [0, 0.1) is 7.14 Å². The van der Waals surface area contributed by atoms with E-state index in [9.17, 15) is 4.79 Å². The maximum Gasteiger partial charge on any atom is 0.193 e. The van der Waals surface area contributed by atoms with Gasteiger partial charge in [0, 0.05) is 18.3 Å². The average Bonchev–Trinajstić information content (AvgIpc) is 2.77. The van der Waals surface area contributed by atoms with Crippen LogP contribution in [-0.2, 0) is 0 Å². The highest BCUT2D eigenvalue weighted by atomic mass is 127. The van der Waals surface area contributed by atoms with Gasteiger partial charge in [0.05, 0.1) is 0 Å². The van der Waals surface area contributed by atoms with Crippen molar-refractivity contribution >= 4 is 51.0 Å². The minimum Gasteiger partial charge on any atom is -0.457 e. The lowest BCUT2D eigenvalue weighted by Gasteiger charge is -2.08. The van der Waals surface area contributed by atoms with Gasteiger partial charge in [-0.3, -0.25) is 4.79 Å². The molecule has 4 aromatic rings. The second-order valence-corrected chi connectivity index (χ2v) is 8.98. The molecule has 30 heavy (non-hydrogen) atoms. The van der Waals surface area contributed by atoms with Crippen LogP contribution in [0.15, 0.2) is 97.1 Å². The minimum absolute atomic E-state index is 0.0448. The van der Waals surface area contributed by atoms with Crippen LogP contribution < -0.4 is 9.47 Å². The molecule has 0 saturated carbocycles. The highest BCUT2D eigenvalue weighted by molar-refractivity contribution is 14.1. The highest BCUT2D eigenvalue weighted by Gasteiger charge is 2.10. The van der Waals surface area contributed by atoms with Crippen molar-refractivity contribution in [2.24, 2.45) is 0 Å². The summed E-state index contributed by atoms with van der Waals surface area (Å²) in [6, 6.07) is 29.9. The summed E-state index contributed by atoms with van der Waals surface area (Å²) < 4.78 is 13.9. The summed E-state index contributed by atoms with van der Waals surface area (Å²) in [4.78, 5) is 12.8. The Morgan fingerprint density at radius 2 is 0.733 bits per heavy atom. The number of hydrogen-bond donors (Lipinski definition) is 0. The number of benzene rings is 4. The quantitative estimate of drug-likeness (QED) is 0.164. The lowest BCUT2D eigenvalue weighted by molar-refractivity contribution is 0.103. The molecule has 0 aliphatic rings. The molecule has 0 fully saturated rings. The first-order valence-corrected chi connectivity index (χ1v) is 11.3. The molecule has 4 aromatic carbocycles. The number of carbonyl (C=O) groups excluding carboxylic acids is 1. The fourth-order valence-electron chi connectivity index (χ4n) is 2.79. The Kier molecular flexibility index (Phi) is 6.69. The Morgan fingerprint density at radius 1 is 0.467 bits per heavy atom. The first-order valence-electron chi connectivity index (χ1n) is 9.18. The summed E-state index contributed by atoms with van der Waals surface area (Å²) in [5.74, 6) is 2.86. The van der Waals surface area contributed by atoms with Gasteiger partial charge in [0.1, 0.15) is 23.0 Å². The Bertz CT molecular complexity index is 1040. The Hall–Kier alpha value is -2.39. The van der Waals surface area contributed by atoms with Gasteiger partial charge in [0.25, 0.3) is 0 Å². The van der Waals surface area contributed by atoms with Crippen molar-refractivity contribution in [1.82, 2.24) is 0 Å². The van der Waals surface area contributed by atoms with E-state index in [2.05, 4.69) is 45.2 Å². The van der Waals surface area contributed by atoms with Crippen LogP contribution in [0.3, 0.4) is 0 Å². The number of halogens is 2. The average molecular weight is 618 g/mol. The molecule has 4 rings (SSSR count). The zero-order chi connectivity index (χ0) is 20.9. The summed E-state index contributed by atoms with van der Waals surface area (Å²) in [7, 11) is 0. The number of carbonyl (C=O) groups is 1. The fraction of sp³-hybridized carbons (Fsp3) is 0. The molecule has 0 saturated heterocycles. The smallest absolute Gasteiger partial charge is 0.193 e. The maximum absolute atomic E-state index is 12.8. The molecule has 0 heterocycles. The third-order valence-electron chi connectivity index (χ3n) is 4.33. The van der Waals surface area contributed by atoms with E-state index in [4.69, 9.17) is 9.47 Å². The third kappa shape index (κ3) is 5.40. The molecule has 3 nitrogen and oxygen atoms in total. The van der Waals surface area contributed by atoms with Gasteiger partial charge in [-0.25, -0.2) is 0 Å². The topological polar surface area (TPSA) is 35.5 Å². The van der Waals surface area contributed by atoms with Crippen LogP contribution in [0.2, 0.25) is 0 Å². The molecule has 0 aromatic heterocycles. The van der Waals surface area contributed by atoms with E-state index in [-0.39, 0.29) is 5.78 Å². The molecule has 0 aliphatic carbocycles. The van der Waals surface area contributed by atoms with Gasteiger partial charge in [-0.05, 0) is 142 Å². The molecule has 0 amide bonds. The highest BCUT2D eigenvalue weighted by Crippen LogP contribution is 2.25. The van der Waals surface area contributed by atoms with Crippen molar-refractivity contribution in [2.75, 3.05) is 0 Å². The fourth-order valence-corrected chi connectivity index (χ4v) is 3.51. The van der Waals surface area contributed by atoms with Crippen molar-refractivity contribution in [2.45, 2.75) is 0 Å². The van der Waals surface area contributed by atoms with Gasteiger partial charge in [-0.2, -0.15) is 0 Å². The number of ketones is 1. The lowest BCUT2D eigenvalue weighted by atomic mass is 10.0. The third-order valence-corrected chi connectivity index (χ3v) is 5.77. The van der Waals surface area contributed by atoms with E-state index in [0.717, 1.165) is 18.6 Å². The van der Waals surface area contributed by atoms with Crippen LogP contribution in [0.5, 0.6) is 23.0 Å². The van der Waals surface area contributed by atoms with Crippen LogP contribution in [0.25, 0.3) is 0 Å². The normalized spacial score (nSPS) is 10.5. The van der Waals surface area contributed by atoms with Gasteiger partial charge in [-0.1, -0.05) is 0 Å². The Labute approximate surface area is 202 Å². The molecule has 0 bridgehead atoms. The Balaban J connectivity index is 1.42. The predicted molar refractivity (Wildman–Crippen MR) is 135 cm³/mol. The summed E-state index contributed by atoms with van der Waals surface area (Å²) in [6.45, 7) is 0. The molecule has 0 aliphatic heterocycles. The summed E-state index contributed by atoms with van der Waals surface area (Å²) >= 11 is 4.50. The van der Waals surface area contributed by atoms with Crippen molar-refractivity contribution in [3.05, 3.63) is 115 Å². The molecular formula is C25H16I2O3. The van der Waals surface area contributed by atoms with Gasteiger partial charge < -0.3 is 9.47 Å². The van der Waals surface area contributed by atoms with E-state index in [1.54, 1.807) is 48.5 Å². The van der Waals surface area contributed by atoms with Crippen molar-refractivity contribution in [3.63, 3.8) is 0 Å². The number of rotatable bonds is 6. The van der Waals surface area contributed by atoms with Crippen molar-refractivity contribution in [1.29, 1.82) is 0 Å². The van der Waals surface area contributed by atoms with Gasteiger partial charge in [0.15, 0.2) is 5.78 Å². The van der Waals surface area contributed by atoms with Crippen molar-refractivity contribution < 1.29 is 14.3 Å². The molecule has 0 radical (unpaired) electrons. The monoisotopic (exact) mass is 618 g/mol. The molecule has 0 atom stereocenters. The first-order chi connectivity index (χ1) is 14.6. The summed E-state index contributed by atoms with van der Waals surface area (Å²) in [6.07, 6.45) is 0. The first kappa shape index (κ1) is 20.9. The van der Waals surface area contributed by atoms with Crippen molar-refractivity contribution in [3.8, 4) is 23.0 Å². The zero-order valence-electron chi connectivity index (χ0n) is 15.7. The zero-order valence-corrected chi connectivity index (χ0v) is 20.0. The van der Waals surface area contributed by atoms with E-state index in [0.29, 0.717) is 22.6 Å². The second kappa shape index (κ2) is 9.61. The molecular weight excluding hydrogens is 602 g/mol. The van der Waals surface area contributed by atoms with E-state index in [1.165, 1.54) is 0 Å². The molecule has 0 spiro atoms. The second-order valence-electron chi connectivity index (χ2n) is 6.49. The van der Waals surface area contributed by atoms with Gasteiger partial charge >= 0.3 is 0 Å². The van der Waals surface area contributed by atoms with E-state index >= 15 is 0 Å². The van der Waals surface area contributed by atoms with Gasteiger partial charge in [0.2, 0.25) is 0 Å². The summed E-state index contributed by atoms with van der Waals surface area (Å²) in [5, 5.41) is 0. The minimum atomic E-state index is -0.0448.